The topological polar surface area (TPSA) is 87.7 Å². The summed E-state index contributed by atoms with van der Waals surface area (Å²) in [6.45, 7) is 2.23. The van der Waals surface area contributed by atoms with Gasteiger partial charge in [-0.1, -0.05) is 0 Å². The molecule has 0 fully saturated rings. The monoisotopic (exact) mass is 204 g/mol. The number of hydrogen-bond donors (Lipinski definition) is 3. The van der Waals surface area contributed by atoms with Gasteiger partial charge in [0.15, 0.2) is 0 Å². The third-order valence-corrected chi connectivity index (χ3v) is 1.36. The number of nitrogens with one attached hydrogen (secondary N) is 2. The van der Waals surface area contributed by atoms with Crippen LogP contribution in [-0.2, 0) is 14.3 Å². The average Bonchev–Trinajstić information content (AvgIpc) is 2.14. The van der Waals surface area contributed by atoms with Gasteiger partial charge in [-0.05, 0) is 6.92 Å². The van der Waals surface area contributed by atoms with Crippen LogP contribution in [0.3, 0.4) is 0 Å². The highest BCUT2D eigenvalue weighted by atomic mass is 16.5. The summed E-state index contributed by atoms with van der Waals surface area (Å²) >= 11 is 0. The summed E-state index contributed by atoms with van der Waals surface area (Å²) in [7, 11) is 1.50. The molecular weight excluding hydrogens is 188 g/mol. The highest BCUT2D eigenvalue weighted by molar-refractivity contribution is 6.35. The molecule has 0 aromatic heterocycles. The predicted octanol–water partition coefficient (Wildman–Crippen LogP) is -1.75. The van der Waals surface area contributed by atoms with Gasteiger partial charge in [0.2, 0.25) is 0 Å². The van der Waals surface area contributed by atoms with E-state index in [0.29, 0.717) is 6.61 Å². The molecule has 14 heavy (non-hydrogen) atoms. The lowest BCUT2D eigenvalue weighted by molar-refractivity contribution is -0.139. The Balaban J connectivity index is 3.60. The summed E-state index contributed by atoms with van der Waals surface area (Å²) < 4.78 is 4.68. The summed E-state index contributed by atoms with van der Waals surface area (Å²) in [5.74, 6) is -1.47. The Morgan fingerprint density at radius 2 is 1.93 bits per heavy atom. The van der Waals surface area contributed by atoms with Crippen LogP contribution in [0, 0.1) is 0 Å². The van der Waals surface area contributed by atoms with Gasteiger partial charge in [0.05, 0.1) is 12.7 Å². The molecule has 0 radical (unpaired) electrons. The second-order valence-corrected chi connectivity index (χ2v) is 2.81. The maximum Gasteiger partial charge on any atom is 0.309 e. The van der Waals surface area contributed by atoms with Crippen molar-refractivity contribution >= 4 is 11.8 Å². The van der Waals surface area contributed by atoms with Crippen molar-refractivity contribution in [2.75, 3.05) is 26.8 Å². The number of rotatable bonds is 5. The number of carbonyl (C=O) groups is 2. The largest absolute Gasteiger partial charge is 0.392 e. The summed E-state index contributed by atoms with van der Waals surface area (Å²) in [6.07, 6.45) is -0.661. The van der Waals surface area contributed by atoms with Gasteiger partial charge < -0.3 is 20.5 Å². The molecule has 3 N–H and O–H groups in total. The van der Waals surface area contributed by atoms with Gasteiger partial charge in [0, 0.05) is 20.2 Å². The molecule has 0 aromatic rings. The fourth-order valence-corrected chi connectivity index (χ4v) is 0.668. The van der Waals surface area contributed by atoms with Crippen molar-refractivity contribution in [3.63, 3.8) is 0 Å². The van der Waals surface area contributed by atoms with Crippen LogP contribution in [0.1, 0.15) is 6.92 Å². The summed E-state index contributed by atoms with van der Waals surface area (Å²) in [6, 6.07) is 0. The van der Waals surface area contributed by atoms with E-state index in [2.05, 4.69) is 15.4 Å². The standard InChI is InChI=1S/C8H16N2O4/c1-6(11)5-10-8(13)7(12)9-3-4-14-2/h6,11H,3-5H2,1-2H3,(H,9,12)(H,10,13)/t6-/m1/s1. The number of aliphatic hydroxyl groups is 1. The van der Waals surface area contributed by atoms with Crippen LogP contribution in [0.25, 0.3) is 0 Å². The fourth-order valence-electron chi connectivity index (χ4n) is 0.668. The molecule has 82 valence electrons. The average molecular weight is 204 g/mol. The molecule has 1 atom stereocenters. The first-order valence-corrected chi connectivity index (χ1v) is 4.31. The minimum Gasteiger partial charge on any atom is -0.392 e. The van der Waals surface area contributed by atoms with Crippen molar-refractivity contribution in [1.82, 2.24) is 10.6 Å². The minimum absolute atomic E-state index is 0.0660. The number of hydrogen-bond acceptors (Lipinski definition) is 4. The third kappa shape index (κ3) is 6.38. The summed E-state index contributed by atoms with van der Waals surface area (Å²) in [4.78, 5) is 21.9. The van der Waals surface area contributed by atoms with E-state index in [9.17, 15) is 9.59 Å². The summed E-state index contributed by atoms with van der Waals surface area (Å²) in [5, 5.41) is 13.4. The lowest BCUT2D eigenvalue weighted by atomic mass is 10.4. The molecule has 6 heteroatoms. The van der Waals surface area contributed by atoms with E-state index < -0.39 is 17.9 Å². The number of aliphatic hydroxyl groups excluding tert-OH is 1. The highest BCUT2D eigenvalue weighted by Gasteiger charge is 2.12. The van der Waals surface area contributed by atoms with E-state index in [4.69, 9.17) is 5.11 Å². The highest BCUT2D eigenvalue weighted by Crippen LogP contribution is 1.76. The van der Waals surface area contributed by atoms with Crippen molar-refractivity contribution in [3.05, 3.63) is 0 Å². The molecule has 0 aliphatic carbocycles. The summed E-state index contributed by atoms with van der Waals surface area (Å²) in [5.41, 5.74) is 0. The molecule has 6 nitrogen and oxygen atoms in total. The first-order valence-electron chi connectivity index (χ1n) is 4.31. The van der Waals surface area contributed by atoms with Crippen LogP contribution in [0.4, 0.5) is 0 Å². The number of carbonyl (C=O) groups excluding carboxylic acids is 2. The fraction of sp³-hybridized carbons (Fsp3) is 0.750. The van der Waals surface area contributed by atoms with E-state index in [0.717, 1.165) is 0 Å². The van der Waals surface area contributed by atoms with Crippen molar-refractivity contribution in [3.8, 4) is 0 Å². The molecule has 0 saturated heterocycles. The SMILES string of the molecule is COCCNC(=O)C(=O)NC[C@@H](C)O. The Morgan fingerprint density at radius 1 is 1.36 bits per heavy atom. The molecule has 0 aromatic carbocycles. The Kier molecular flexibility index (Phi) is 6.69. The Hall–Kier alpha value is -1.14. The van der Waals surface area contributed by atoms with Crippen LogP contribution < -0.4 is 10.6 Å². The van der Waals surface area contributed by atoms with Crippen LogP contribution in [-0.4, -0.2) is 49.8 Å². The normalized spacial score (nSPS) is 11.9. The van der Waals surface area contributed by atoms with Gasteiger partial charge >= 0.3 is 11.8 Å². The molecule has 0 rings (SSSR count). The van der Waals surface area contributed by atoms with Crippen molar-refractivity contribution in [1.29, 1.82) is 0 Å². The second kappa shape index (κ2) is 7.28. The first kappa shape index (κ1) is 12.9. The molecule has 0 spiro atoms. The van der Waals surface area contributed by atoms with Crippen LogP contribution in [0.5, 0.6) is 0 Å². The lowest BCUT2D eigenvalue weighted by Gasteiger charge is -2.07. The van der Waals surface area contributed by atoms with Gasteiger partial charge in [-0.3, -0.25) is 9.59 Å². The van der Waals surface area contributed by atoms with Gasteiger partial charge in [0.25, 0.3) is 0 Å². The Bertz CT molecular complexity index is 194. The van der Waals surface area contributed by atoms with E-state index in [-0.39, 0.29) is 13.1 Å². The molecule has 0 bridgehead atoms. The Labute approximate surface area is 82.6 Å². The van der Waals surface area contributed by atoms with Crippen LogP contribution in [0.2, 0.25) is 0 Å². The second-order valence-electron chi connectivity index (χ2n) is 2.81. The van der Waals surface area contributed by atoms with Gasteiger partial charge in [-0.15, -0.1) is 0 Å². The maximum absolute atomic E-state index is 11.0. The van der Waals surface area contributed by atoms with E-state index in [1.54, 1.807) is 0 Å². The number of ether oxygens (including phenoxy) is 1. The van der Waals surface area contributed by atoms with Crippen molar-refractivity contribution in [2.45, 2.75) is 13.0 Å². The minimum atomic E-state index is -0.748. The van der Waals surface area contributed by atoms with E-state index >= 15 is 0 Å². The number of amides is 2. The molecule has 0 saturated carbocycles. The quantitative estimate of drug-likeness (QED) is 0.366. The van der Waals surface area contributed by atoms with Gasteiger partial charge in [-0.2, -0.15) is 0 Å². The third-order valence-electron chi connectivity index (χ3n) is 1.36. The lowest BCUT2D eigenvalue weighted by Crippen LogP contribution is -2.43. The molecular formula is C8H16N2O4. The van der Waals surface area contributed by atoms with Gasteiger partial charge in [-0.25, -0.2) is 0 Å². The Morgan fingerprint density at radius 3 is 2.43 bits per heavy atom. The molecule has 0 aliphatic rings. The zero-order valence-electron chi connectivity index (χ0n) is 8.37. The van der Waals surface area contributed by atoms with Crippen LogP contribution >= 0.6 is 0 Å². The zero-order valence-corrected chi connectivity index (χ0v) is 8.37. The smallest absolute Gasteiger partial charge is 0.309 e. The van der Waals surface area contributed by atoms with E-state index in [1.807, 2.05) is 0 Å². The van der Waals surface area contributed by atoms with Crippen molar-refractivity contribution in [2.24, 2.45) is 0 Å². The maximum atomic E-state index is 11.0. The molecule has 0 aliphatic heterocycles. The van der Waals surface area contributed by atoms with Crippen LogP contribution in [0.15, 0.2) is 0 Å². The molecule has 2 amide bonds. The van der Waals surface area contributed by atoms with Crippen molar-refractivity contribution < 1.29 is 19.4 Å². The molecule has 0 heterocycles. The first-order chi connectivity index (χ1) is 6.57. The van der Waals surface area contributed by atoms with Gasteiger partial charge in [0.1, 0.15) is 0 Å². The van der Waals surface area contributed by atoms with E-state index in [1.165, 1.54) is 14.0 Å². The number of methoxy groups -OCH3 is 1. The zero-order chi connectivity index (χ0) is 11.0. The predicted molar refractivity (Wildman–Crippen MR) is 49.6 cm³/mol. The molecule has 0 unspecified atom stereocenters.